The summed E-state index contributed by atoms with van der Waals surface area (Å²) in [6.45, 7) is 35.6. The maximum Gasteiger partial charge on any atom is 0.152 e. The minimum Gasteiger partial charge on any atom is -0.300 e. The molecule has 6 atom stereocenters. The molecule has 0 radical (unpaired) electrons. The molecule has 4 heteroatoms. The third kappa shape index (κ3) is 17.7. The number of carbonyl (C=O) groups excluding carboxylic acids is 4. The molecule has 3 rings (SSSR count). The number of allylic oxidation sites excluding steroid dienone is 9. The number of ketones is 4. The molecule has 0 N–H and O–H groups in total. The molecule has 0 bridgehead atoms. The summed E-state index contributed by atoms with van der Waals surface area (Å²) >= 11 is 0. The Hall–Kier alpha value is -2.62. The van der Waals surface area contributed by atoms with E-state index in [1.807, 2.05) is 32.9 Å². The van der Waals surface area contributed by atoms with Crippen LogP contribution in [0.1, 0.15) is 143 Å². The quantitative estimate of drug-likeness (QED) is 0.166. The number of hydrogen-bond donors (Lipinski definition) is 0. The van der Waals surface area contributed by atoms with E-state index in [0.717, 1.165) is 18.4 Å². The van der Waals surface area contributed by atoms with Crippen LogP contribution in [0.3, 0.4) is 0 Å². The Morgan fingerprint density at radius 3 is 1.23 bits per heavy atom. The highest BCUT2D eigenvalue weighted by atomic mass is 16.1. The van der Waals surface area contributed by atoms with Gasteiger partial charge in [-0.3, -0.25) is 19.2 Å². The molecule has 0 aliphatic heterocycles. The van der Waals surface area contributed by atoms with Crippen molar-refractivity contribution in [1.29, 1.82) is 0 Å². The Morgan fingerprint density at radius 1 is 0.667 bits per heavy atom. The van der Waals surface area contributed by atoms with Gasteiger partial charge in [-0.2, -0.15) is 0 Å². The monoisotopic (exact) mass is 667 g/mol. The normalized spacial score (nSPS) is 27.4. The Morgan fingerprint density at radius 2 is 1.06 bits per heavy atom. The summed E-state index contributed by atoms with van der Waals surface area (Å²) in [5.74, 6) is 3.29. The van der Waals surface area contributed by atoms with Gasteiger partial charge in [-0.1, -0.05) is 123 Å². The second kappa shape index (κ2) is 22.2. The van der Waals surface area contributed by atoms with Gasteiger partial charge in [-0.25, -0.2) is 0 Å². The molecule has 274 valence electrons. The topological polar surface area (TPSA) is 68.3 Å². The molecule has 0 amide bonds. The van der Waals surface area contributed by atoms with Gasteiger partial charge >= 0.3 is 0 Å². The molecule has 1 fully saturated rings. The van der Waals surface area contributed by atoms with Crippen molar-refractivity contribution in [3.8, 4) is 0 Å². The summed E-state index contributed by atoms with van der Waals surface area (Å²) in [4.78, 5) is 44.4. The van der Waals surface area contributed by atoms with Gasteiger partial charge in [0.2, 0.25) is 0 Å². The van der Waals surface area contributed by atoms with Gasteiger partial charge in [0.1, 0.15) is 17.3 Å². The van der Waals surface area contributed by atoms with Gasteiger partial charge in [0.15, 0.2) is 5.78 Å². The summed E-state index contributed by atoms with van der Waals surface area (Å²) in [6.07, 6.45) is 21.7. The number of hydrogen-bond acceptors (Lipinski definition) is 4. The van der Waals surface area contributed by atoms with Crippen LogP contribution in [0.15, 0.2) is 60.8 Å². The van der Waals surface area contributed by atoms with E-state index in [9.17, 15) is 19.2 Å². The van der Waals surface area contributed by atoms with Crippen molar-refractivity contribution in [2.45, 2.75) is 143 Å². The molecule has 0 spiro atoms. The van der Waals surface area contributed by atoms with E-state index in [-0.39, 0.29) is 33.9 Å². The molecule has 1 saturated carbocycles. The van der Waals surface area contributed by atoms with Crippen LogP contribution in [0, 0.1) is 51.8 Å². The van der Waals surface area contributed by atoms with Gasteiger partial charge in [0, 0.05) is 17.8 Å². The van der Waals surface area contributed by atoms with Crippen LogP contribution in [0.2, 0.25) is 0 Å². The van der Waals surface area contributed by atoms with Crippen LogP contribution in [0.25, 0.3) is 0 Å². The van der Waals surface area contributed by atoms with Crippen molar-refractivity contribution >= 4 is 23.1 Å². The van der Waals surface area contributed by atoms with E-state index in [1.165, 1.54) is 19.3 Å². The van der Waals surface area contributed by atoms with Crippen LogP contribution in [0.4, 0.5) is 0 Å². The highest BCUT2D eigenvalue weighted by Crippen LogP contribution is 2.44. The highest BCUT2D eigenvalue weighted by Gasteiger charge is 2.40. The fourth-order valence-corrected chi connectivity index (χ4v) is 8.38. The molecule has 0 aromatic heterocycles. The van der Waals surface area contributed by atoms with Gasteiger partial charge in [0.25, 0.3) is 0 Å². The molecular formula is C44H74O4. The molecule has 0 aromatic rings. The molecule has 0 aromatic carbocycles. The minimum absolute atomic E-state index is 0.125. The SMILES string of the molecule is C=CC=CC.CC(=O)C1C(C)CCCC1(C)C.CC(=O)C=C(C)C.CC(=O)[C@@H]1[C@@H](C)C=CCC1(C)C.CC(=O)[C@H]1[C@@H](C)C=CCC1(C)C. The number of carbonyl (C=O) groups is 4. The first-order valence-electron chi connectivity index (χ1n) is 18.1. The fourth-order valence-electron chi connectivity index (χ4n) is 8.38. The zero-order valence-corrected chi connectivity index (χ0v) is 34.0. The molecule has 3 aliphatic rings. The van der Waals surface area contributed by atoms with Crippen LogP contribution >= 0.6 is 0 Å². The standard InChI is InChI=1S/C11H20O.2C11H18O.C6H10O.C5H8/c3*1-8-6-5-7-11(3,4)10(8)9(2)12;1-5(2)4-6(3)7;1-3-5-4-2/h8,10H,5-7H2,1-4H3;2*5-6,8,10H,7H2,1-4H3;4H,1-3H3;3-5H,1H2,2H3/t;8-,10+;8-,10-;;/m.00../s1. The zero-order valence-electron chi connectivity index (χ0n) is 34.0. The maximum absolute atomic E-state index is 11.4. The molecule has 2 unspecified atom stereocenters. The molecule has 3 aliphatic carbocycles. The van der Waals surface area contributed by atoms with Crippen molar-refractivity contribution in [3.05, 3.63) is 60.8 Å². The van der Waals surface area contributed by atoms with Crippen LogP contribution in [0.5, 0.6) is 0 Å². The van der Waals surface area contributed by atoms with E-state index >= 15 is 0 Å². The van der Waals surface area contributed by atoms with E-state index in [4.69, 9.17) is 0 Å². The van der Waals surface area contributed by atoms with Gasteiger partial charge in [-0.15, -0.1) is 0 Å². The minimum atomic E-state index is 0.125. The predicted octanol–water partition coefficient (Wildman–Crippen LogP) is 12.0. The summed E-state index contributed by atoms with van der Waals surface area (Å²) in [5, 5.41) is 0. The average molecular weight is 667 g/mol. The predicted molar refractivity (Wildman–Crippen MR) is 208 cm³/mol. The Kier molecular flexibility index (Phi) is 21.9. The molecule has 48 heavy (non-hydrogen) atoms. The lowest BCUT2D eigenvalue weighted by Gasteiger charge is -2.41. The zero-order chi connectivity index (χ0) is 38.0. The van der Waals surface area contributed by atoms with Gasteiger partial charge in [0.05, 0.1) is 0 Å². The summed E-state index contributed by atoms with van der Waals surface area (Å²) in [6, 6.07) is 0. The molecule has 0 saturated heterocycles. The second-order valence-corrected chi connectivity index (χ2v) is 16.7. The van der Waals surface area contributed by atoms with Crippen LogP contribution in [-0.4, -0.2) is 23.1 Å². The molecular weight excluding hydrogens is 592 g/mol. The van der Waals surface area contributed by atoms with Gasteiger partial charge < -0.3 is 0 Å². The highest BCUT2D eigenvalue weighted by molar-refractivity contribution is 5.87. The van der Waals surface area contributed by atoms with Crippen LogP contribution < -0.4 is 0 Å². The summed E-state index contributed by atoms with van der Waals surface area (Å²) in [7, 11) is 0. The van der Waals surface area contributed by atoms with Crippen molar-refractivity contribution in [3.63, 3.8) is 0 Å². The summed E-state index contributed by atoms with van der Waals surface area (Å²) < 4.78 is 0. The third-order valence-corrected chi connectivity index (χ3v) is 9.93. The largest absolute Gasteiger partial charge is 0.300 e. The van der Waals surface area contributed by atoms with E-state index in [2.05, 4.69) is 93.2 Å². The fraction of sp³-hybridized carbons (Fsp3) is 0.682. The Labute approximate surface area is 297 Å². The Balaban J connectivity index is 0. The van der Waals surface area contributed by atoms with Crippen LogP contribution in [-0.2, 0) is 19.2 Å². The van der Waals surface area contributed by atoms with E-state index in [0.29, 0.717) is 41.0 Å². The third-order valence-electron chi connectivity index (χ3n) is 9.93. The van der Waals surface area contributed by atoms with Crippen molar-refractivity contribution < 1.29 is 19.2 Å². The smallest absolute Gasteiger partial charge is 0.152 e. The first kappa shape index (κ1) is 47.5. The van der Waals surface area contributed by atoms with E-state index in [1.54, 1.807) is 39.8 Å². The van der Waals surface area contributed by atoms with Crippen molar-refractivity contribution in [2.75, 3.05) is 0 Å². The lowest BCUT2D eigenvalue weighted by molar-refractivity contribution is -0.128. The number of Topliss-reactive ketones (excluding diaryl/α,β-unsaturated/α-hetero) is 3. The second-order valence-electron chi connectivity index (χ2n) is 16.7. The van der Waals surface area contributed by atoms with E-state index < -0.39 is 0 Å². The average Bonchev–Trinajstić information content (AvgIpc) is 2.87. The summed E-state index contributed by atoms with van der Waals surface area (Å²) in [5.41, 5.74) is 1.61. The lowest BCUT2D eigenvalue weighted by Crippen LogP contribution is -2.38. The van der Waals surface area contributed by atoms with Crippen molar-refractivity contribution in [2.24, 2.45) is 51.8 Å². The first-order valence-corrected chi connectivity index (χ1v) is 18.1. The van der Waals surface area contributed by atoms with Crippen molar-refractivity contribution in [1.82, 2.24) is 0 Å². The Bertz CT molecular complexity index is 1100. The number of rotatable bonds is 5. The molecule has 4 nitrogen and oxygen atoms in total. The lowest BCUT2D eigenvalue weighted by atomic mass is 9.63. The molecule has 0 heterocycles. The van der Waals surface area contributed by atoms with Gasteiger partial charge in [-0.05, 0) is 114 Å². The maximum atomic E-state index is 11.4. The first-order chi connectivity index (χ1) is 21.9.